The standard InChI is InChI=1S/C21H20ClNO5/c1-12-14-8-16(22)19(27-3)10-18(14)28-21(25)15(12)9-20(24)23-11-13-6-4-5-7-17(13)26-2/h4-8,10H,9,11H2,1-3H3,(H,23,24). The number of para-hydroxylation sites is 1. The Kier molecular flexibility index (Phi) is 5.90. The number of fused-ring (bicyclic) bond motifs is 1. The van der Waals surface area contributed by atoms with Gasteiger partial charge >= 0.3 is 5.63 Å². The highest BCUT2D eigenvalue weighted by atomic mass is 35.5. The minimum Gasteiger partial charge on any atom is -0.496 e. The molecule has 0 saturated carbocycles. The fraction of sp³-hybridized carbons (Fsp3) is 0.238. The van der Waals surface area contributed by atoms with Crippen LogP contribution in [0.4, 0.5) is 0 Å². The summed E-state index contributed by atoms with van der Waals surface area (Å²) < 4.78 is 15.8. The second kappa shape index (κ2) is 8.35. The first-order chi connectivity index (χ1) is 13.4. The maximum atomic E-state index is 12.4. The summed E-state index contributed by atoms with van der Waals surface area (Å²) in [6.07, 6.45) is -0.0943. The number of aryl methyl sites for hydroxylation is 1. The Labute approximate surface area is 167 Å². The summed E-state index contributed by atoms with van der Waals surface area (Å²) in [4.78, 5) is 24.8. The van der Waals surface area contributed by atoms with E-state index in [1.165, 1.54) is 7.11 Å². The van der Waals surface area contributed by atoms with Gasteiger partial charge in [-0.15, -0.1) is 0 Å². The number of carbonyl (C=O) groups excluding carboxylic acids is 1. The SMILES string of the molecule is COc1cc2oc(=O)c(CC(=O)NCc3ccccc3OC)c(C)c2cc1Cl. The van der Waals surface area contributed by atoms with Crippen molar-refractivity contribution < 1.29 is 18.7 Å². The topological polar surface area (TPSA) is 77.8 Å². The summed E-state index contributed by atoms with van der Waals surface area (Å²) in [5.41, 5.74) is 1.61. The van der Waals surface area contributed by atoms with Crippen molar-refractivity contribution in [1.29, 1.82) is 0 Å². The first-order valence-electron chi connectivity index (χ1n) is 8.63. The van der Waals surface area contributed by atoms with Crippen LogP contribution in [0, 0.1) is 6.92 Å². The molecule has 1 amide bonds. The molecular weight excluding hydrogens is 382 g/mol. The molecule has 1 heterocycles. The van der Waals surface area contributed by atoms with E-state index in [0.29, 0.717) is 45.2 Å². The highest BCUT2D eigenvalue weighted by Crippen LogP contribution is 2.31. The van der Waals surface area contributed by atoms with Gasteiger partial charge in [-0.3, -0.25) is 4.79 Å². The molecule has 28 heavy (non-hydrogen) atoms. The number of benzene rings is 2. The second-order valence-corrected chi connectivity index (χ2v) is 6.65. The smallest absolute Gasteiger partial charge is 0.340 e. The van der Waals surface area contributed by atoms with E-state index < -0.39 is 5.63 Å². The van der Waals surface area contributed by atoms with Gasteiger partial charge in [-0.05, 0) is 24.6 Å². The van der Waals surface area contributed by atoms with Crippen molar-refractivity contribution in [3.05, 3.63) is 68.5 Å². The Balaban J connectivity index is 1.83. The third kappa shape index (κ3) is 3.97. The first kappa shape index (κ1) is 19.8. The van der Waals surface area contributed by atoms with Crippen LogP contribution in [0.3, 0.4) is 0 Å². The van der Waals surface area contributed by atoms with Crippen molar-refractivity contribution in [1.82, 2.24) is 5.32 Å². The molecule has 0 bridgehead atoms. The van der Waals surface area contributed by atoms with Crippen LogP contribution in [-0.4, -0.2) is 20.1 Å². The molecule has 7 heteroatoms. The molecule has 2 aromatic carbocycles. The van der Waals surface area contributed by atoms with Crippen LogP contribution in [0.15, 0.2) is 45.6 Å². The molecule has 0 aliphatic rings. The van der Waals surface area contributed by atoms with E-state index in [-0.39, 0.29) is 12.3 Å². The lowest BCUT2D eigenvalue weighted by atomic mass is 10.0. The molecule has 1 aromatic heterocycles. The number of carbonyl (C=O) groups is 1. The van der Waals surface area contributed by atoms with Gasteiger partial charge in [0.2, 0.25) is 5.91 Å². The predicted molar refractivity (Wildman–Crippen MR) is 107 cm³/mol. The normalized spacial score (nSPS) is 10.7. The van der Waals surface area contributed by atoms with E-state index in [1.54, 1.807) is 26.2 Å². The number of methoxy groups -OCH3 is 2. The zero-order chi connectivity index (χ0) is 20.3. The van der Waals surface area contributed by atoms with Gasteiger partial charge in [-0.1, -0.05) is 29.8 Å². The van der Waals surface area contributed by atoms with E-state index in [4.69, 9.17) is 25.5 Å². The average molecular weight is 402 g/mol. The molecule has 0 fully saturated rings. The van der Waals surface area contributed by atoms with Gasteiger partial charge in [0.05, 0.1) is 31.2 Å². The Morgan fingerprint density at radius 1 is 1.14 bits per heavy atom. The van der Waals surface area contributed by atoms with Gasteiger partial charge in [-0.25, -0.2) is 4.79 Å². The van der Waals surface area contributed by atoms with Crippen molar-refractivity contribution >= 4 is 28.5 Å². The number of amides is 1. The molecule has 3 aromatic rings. The second-order valence-electron chi connectivity index (χ2n) is 6.24. The van der Waals surface area contributed by atoms with Gasteiger partial charge in [0.1, 0.15) is 17.1 Å². The maximum absolute atomic E-state index is 12.4. The van der Waals surface area contributed by atoms with Crippen LogP contribution in [0.2, 0.25) is 5.02 Å². The molecule has 1 N–H and O–H groups in total. The van der Waals surface area contributed by atoms with E-state index in [0.717, 1.165) is 5.56 Å². The zero-order valence-electron chi connectivity index (χ0n) is 15.8. The molecule has 6 nitrogen and oxygen atoms in total. The van der Waals surface area contributed by atoms with Crippen LogP contribution in [0.25, 0.3) is 11.0 Å². The Morgan fingerprint density at radius 3 is 2.57 bits per heavy atom. The summed E-state index contributed by atoms with van der Waals surface area (Å²) in [6.45, 7) is 2.06. The van der Waals surface area contributed by atoms with Gasteiger partial charge in [0.25, 0.3) is 0 Å². The molecular formula is C21H20ClNO5. The van der Waals surface area contributed by atoms with Crippen LogP contribution in [0.1, 0.15) is 16.7 Å². The third-order valence-corrected chi connectivity index (χ3v) is 4.86. The van der Waals surface area contributed by atoms with Crippen LogP contribution in [-0.2, 0) is 17.8 Å². The lowest BCUT2D eigenvalue weighted by Crippen LogP contribution is -2.27. The minimum atomic E-state index is -0.554. The number of halogens is 1. The quantitative estimate of drug-likeness (QED) is 0.638. The van der Waals surface area contributed by atoms with Crippen molar-refractivity contribution in [2.75, 3.05) is 14.2 Å². The van der Waals surface area contributed by atoms with Crippen molar-refractivity contribution in [2.45, 2.75) is 19.9 Å². The van der Waals surface area contributed by atoms with E-state index in [1.807, 2.05) is 24.3 Å². The number of ether oxygens (including phenoxy) is 2. The first-order valence-corrected chi connectivity index (χ1v) is 9.00. The number of nitrogens with one attached hydrogen (secondary N) is 1. The zero-order valence-corrected chi connectivity index (χ0v) is 16.6. The van der Waals surface area contributed by atoms with Gasteiger partial charge in [0.15, 0.2) is 0 Å². The summed E-state index contributed by atoms with van der Waals surface area (Å²) in [5.74, 6) is 0.812. The summed E-state index contributed by atoms with van der Waals surface area (Å²) >= 11 is 6.18. The molecule has 0 aliphatic carbocycles. The Hall–Kier alpha value is -2.99. The molecule has 0 unspecified atom stereocenters. The van der Waals surface area contributed by atoms with Gasteiger partial charge < -0.3 is 19.2 Å². The van der Waals surface area contributed by atoms with E-state index in [9.17, 15) is 9.59 Å². The molecule has 146 valence electrons. The van der Waals surface area contributed by atoms with Gasteiger partial charge in [0, 0.05) is 23.6 Å². The summed E-state index contributed by atoms with van der Waals surface area (Å²) in [6, 6.07) is 10.6. The Morgan fingerprint density at radius 2 is 1.86 bits per heavy atom. The van der Waals surface area contributed by atoms with Crippen molar-refractivity contribution in [3.8, 4) is 11.5 Å². The fourth-order valence-electron chi connectivity index (χ4n) is 3.02. The predicted octanol–water partition coefficient (Wildman–Crippen LogP) is 3.63. The van der Waals surface area contributed by atoms with Crippen LogP contribution >= 0.6 is 11.6 Å². The average Bonchev–Trinajstić information content (AvgIpc) is 2.70. The van der Waals surface area contributed by atoms with E-state index in [2.05, 4.69) is 5.32 Å². The van der Waals surface area contributed by atoms with Gasteiger partial charge in [-0.2, -0.15) is 0 Å². The monoisotopic (exact) mass is 401 g/mol. The Bertz CT molecular complexity index is 1090. The maximum Gasteiger partial charge on any atom is 0.340 e. The molecule has 0 atom stereocenters. The van der Waals surface area contributed by atoms with Crippen LogP contribution in [0.5, 0.6) is 11.5 Å². The largest absolute Gasteiger partial charge is 0.496 e. The summed E-state index contributed by atoms with van der Waals surface area (Å²) in [5, 5.41) is 3.87. The number of rotatable bonds is 6. The minimum absolute atomic E-state index is 0.0943. The number of hydrogen-bond donors (Lipinski definition) is 1. The van der Waals surface area contributed by atoms with E-state index >= 15 is 0 Å². The molecule has 0 saturated heterocycles. The summed E-state index contributed by atoms with van der Waals surface area (Å²) in [7, 11) is 3.06. The van der Waals surface area contributed by atoms with Crippen LogP contribution < -0.4 is 20.4 Å². The lowest BCUT2D eigenvalue weighted by molar-refractivity contribution is -0.120. The fourth-order valence-corrected chi connectivity index (χ4v) is 3.26. The highest BCUT2D eigenvalue weighted by Gasteiger charge is 2.17. The number of hydrogen-bond acceptors (Lipinski definition) is 5. The molecule has 0 radical (unpaired) electrons. The van der Waals surface area contributed by atoms with Crippen molar-refractivity contribution in [3.63, 3.8) is 0 Å². The van der Waals surface area contributed by atoms with Crippen molar-refractivity contribution in [2.24, 2.45) is 0 Å². The molecule has 0 aliphatic heterocycles. The third-order valence-electron chi connectivity index (χ3n) is 4.57. The molecule has 0 spiro atoms. The molecule has 3 rings (SSSR count). The lowest BCUT2D eigenvalue weighted by Gasteiger charge is -2.11. The highest BCUT2D eigenvalue weighted by molar-refractivity contribution is 6.32.